The third-order valence-corrected chi connectivity index (χ3v) is 5.16. The van der Waals surface area contributed by atoms with Crippen LogP contribution in [0.15, 0.2) is 42.5 Å². The molecule has 0 saturated carbocycles. The molecule has 0 aliphatic carbocycles. The van der Waals surface area contributed by atoms with Gasteiger partial charge in [-0.3, -0.25) is 14.5 Å². The Balaban J connectivity index is 1.68. The highest BCUT2D eigenvalue weighted by Crippen LogP contribution is 2.31. The number of methoxy groups -OCH3 is 1. The Morgan fingerprint density at radius 1 is 1.14 bits per heavy atom. The van der Waals surface area contributed by atoms with Crippen LogP contribution in [0.3, 0.4) is 0 Å². The van der Waals surface area contributed by atoms with E-state index in [0.717, 1.165) is 21.6 Å². The van der Waals surface area contributed by atoms with Crippen LogP contribution in [0.25, 0.3) is 0 Å². The third-order valence-electron chi connectivity index (χ3n) is 5.16. The Labute approximate surface area is 170 Å². The lowest BCUT2D eigenvalue weighted by molar-refractivity contribution is -0.134. The van der Waals surface area contributed by atoms with E-state index in [4.69, 9.17) is 4.74 Å². The molecule has 2 aromatic carbocycles. The summed E-state index contributed by atoms with van der Waals surface area (Å²) in [7, 11) is 1.57. The van der Waals surface area contributed by atoms with Crippen LogP contribution in [0, 0.1) is 13.8 Å². The Kier molecular flexibility index (Phi) is 5.59. The SMILES string of the molecule is COc1ccc(C2(C)NC(=O)N(CC(=O)NCc3ccc(C)cc3)C2=O)cc1C. The molecule has 1 heterocycles. The minimum absolute atomic E-state index is 0.331. The van der Waals surface area contributed by atoms with E-state index in [9.17, 15) is 14.4 Å². The van der Waals surface area contributed by atoms with Gasteiger partial charge in [-0.05, 0) is 49.6 Å². The van der Waals surface area contributed by atoms with Crippen molar-refractivity contribution in [3.05, 3.63) is 64.7 Å². The van der Waals surface area contributed by atoms with Crippen LogP contribution < -0.4 is 15.4 Å². The van der Waals surface area contributed by atoms with Crippen molar-refractivity contribution in [3.63, 3.8) is 0 Å². The van der Waals surface area contributed by atoms with E-state index in [2.05, 4.69) is 10.6 Å². The second-order valence-electron chi connectivity index (χ2n) is 7.39. The molecule has 2 N–H and O–H groups in total. The van der Waals surface area contributed by atoms with Crippen molar-refractivity contribution < 1.29 is 19.1 Å². The predicted molar refractivity (Wildman–Crippen MR) is 108 cm³/mol. The van der Waals surface area contributed by atoms with E-state index in [1.807, 2.05) is 38.1 Å². The Morgan fingerprint density at radius 2 is 1.83 bits per heavy atom. The summed E-state index contributed by atoms with van der Waals surface area (Å²) < 4.78 is 5.25. The number of nitrogens with one attached hydrogen (secondary N) is 2. The van der Waals surface area contributed by atoms with Gasteiger partial charge in [0.25, 0.3) is 5.91 Å². The standard InChI is InChI=1S/C22H25N3O4/c1-14-5-7-16(8-6-14)12-23-19(26)13-25-20(27)22(3,24-21(25)28)17-9-10-18(29-4)15(2)11-17/h5-11H,12-13H2,1-4H3,(H,23,26)(H,24,28). The fourth-order valence-electron chi connectivity index (χ4n) is 3.33. The second-order valence-corrected chi connectivity index (χ2v) is 7.39. The molecule has 0 aromatic heterocycles. The number of imide groups is 1. The van der Waals surface area contributed by atoms with Crippen LogP contribution in [0.4, 0.5) is 4.79 Å². The van der Waals surface area contributed by atoms with E-state index in [0.29, 0.717) is 17.9 Å². The molecule has 152 valence electrons. The van der Waals surface area contributed by atoms with Gasteiger partial charge in [-0.15, -0.1) is 0 Å². The average molecular weight is 395 g/mol. The summed E-state index contributed by atoms with van der Waals surface area (Å²) in [6, 6.07) is 12.5. The van der Waals surface area contributed by atoms with Gasteiger partial charge in [0.1, 0.15) is 17.8 Å². The van der Waals surface area contributed by atoms with Crippen LogP contribution in [-0.2, 0) is 21.7 Å². The van der Waals surface area contributed by atoms with Crippen molar-refractivity contribution in [3.8, 4) is 5.75 Å². The largest absolute Gasteiger partial charge is 0.496 e. The zero-order chi connectivity index (χ0) is 21.2. The number of carbonyl (C=O) groups excluding carboxylic acids is 3. The highest BCUT2D eigenvalue weighted by atomic mass is 16.5. The zero-order valence-electron chi connectivity index (χ0n) is 17.0. The third kappa shape index (κ3) is 4.08. The van der Waals surface area contributed by atoms with Crippen LogP contribution in [0.1, 0.15) is 29.2 Å². The van der Waals surface area contributed by atoms with Crippen molar-refractivity contribution >= 4 is 17.8 Å². The molecule has 7 nitrogen and oxygen atoms in total. The minimum Gasteiger partial charge on any atom is -0.496 e. The lowest BCUT2D eigenvalue weighted by atomic mass is 9.90. The maximum absolute atomic E-state index is 13.0. The van der Waals surface area contributed by atoms with Gasteiger partial charge < -0.3 is 15.4 Å². The molecule has 1 fully saturated rings. The molecular weight excluding hydrogens is 370 g/mol. The predicted octanol–water partition coefficient (Wildman–Crippen LogP) is 2.40. The molecule has 1 aliphatic rings. The van der Waals surface area contributed by atoms with Gasteiger partial charge in [0.15, 0.2) is 0 Å². The summed E-state index contributed by atoms with van der Waals surface area (Å²) in [5.41, 5.74) is 2.33. The molecule has 0 radical (unpaired) electrons. The number of hydrogen-bond donors (Lipinski definition) is 2. The van der Waals surface area contributed by atoms with Crippen molar-refractivity contribution in [2.45, 2.75) is 32.9 Å². The first-order valence-corrected chi connectivity index (χ1v) is 9.36. The molecular formula is C22H25N3O4. The summed E-state index contributed by atoms with van der Waals surface area (Å²) in [4.78, 5) is 38.7. The van der Waals surface area contributed by atoms with Crippen LogP contribution in [-0.4, -0.2) is 36.4 Å². The Hall–Kier alpha value is -3.35. The second kappa shape index (κ2) is 7.95. The molecule has 7 heteroatoms. The van der Waals surface area contributed by atoms with Gasteiger partial charge in [0.05, 0.1) is 7.11 Å². The van der Waals surface area contributed by atoms with Crippen molar-refractivity contribution in [2.75, 3.05) is 13.7 Å². The average Bonchev–Trinajstić information content (AvgIpc) is 2.91. The number of hydrogen-bond acceptors (Lipinski definition) is 4. The number of ether oxygens (including phenoxy) is 1. The molecule has 4 amide bonds. The summed E-state index contributed by atoms with van der Waals surface area (Å²) in [5, 5.41) is 5.46. The van der Waals surface area contributed by atoms with Crippen molar-refractivity contribution in [1.82, 2.24) is 15.5 Å². The smallest absolute Gasteiger partial charge is 0.325 e. The van der Waals surface area contributed by atoms with Gasteiger partial charge in [-0.1, -0.05) is 35.9 Å². The molecule has 0 bridgehead atoms. The number of rotatable bonds is 6. The number of urea groups is 1. The fourth-order valence-corrected chi connectivity index (χ4v) is 3.33. The van der Waals surface area contributed by atoms with E-state index in [1.54, 1.807) is 32.2 Å². The number of nitrogens with zero attached hydrogens (tertiary/aromatic N) is 1. The zero-order valence-corrected chi connectivity index (χ0v) is 17.0. The van der Waals surface area contributed by atoms with Crippen molar-refractivity contribution in [2.24, 2.45) is 0 Å². The number of amides is 4. The number of carbonyl (C=O) groups is 3. The van der Waals surface area contributed by atoms with E-state index >= 15 is 0 Å². The minimum atomic E-state index is -1.23. The summed E-state index contributed by atoms with van der Waals surface area (Å²) >= 11 is 0. The molecule has 1 saturated heterocycles. The van der Waals surface area contributed by atoms with Gasteiger partial charge in [0.2, 0.25) is 5.91 Å². The Bertz CT molecular complexity index is 955. The van der Waals surface area contributed by atoms with E-state index < -0.39 is 23.4 Å². The molecule has 1 atom stereocenters. The van der Waals surface area contributed by atoms with Gasteiger partial charge in [0, 0.05) is 6.54 Å². The highest BCUT2D eigenvalue weighted by molar-refractivity contribution is 6.09. The quantitative estimate of drug-likeness (QED) is 0.736. The van der Waals surface area contributed by atoms with E-state index in [1.165, 1.54) is 0 Å². The summed E-state index contributed by atoms with van der Waals surface area (Å²) in [6.07, 6.45) is 0. The molecule has 1 aliphatic heterocycles. The molecule has 2 aromatic rings. The lowest BCUT2D eigenvalue weighted by Crippen LogP contribution is -2.43. The molecule has 29 heavy (non-hydrogen) atoms. The van der Waals surface area contributed by atoms with Crippen LogP contribution >= 0.6 is 0 Å². The summed E-state index contributed by atoms with van der Waals surface area (Å²) in [5.74, 6) is -0.164. The Morgan fingerprint density at radius 3 is 2.45 bits per heavy atom. The molecule has 3 rings (SSSR count). The molecule has 0 spiro atoms. The number of benzene rings is 2. The normalized spacial score (nSPS) is 18.6. The maximum Gasteiger partial charge on any atom is 0.325 e. The van der Waals surface area contributed by atoms with Gasteiger partial charge >= 0.3 is 6.03 Å². The fraction of sp³-hybridized carbons (Fsp3) is 0.318. The van der Waals surface area contributed by atoms with Crippen LogP contribution in [0.5, 0.6) is 5.75 Å². The van der Waals surface area contributed by atoms with Crippen LogP contribution in [0.2, 0.25) is 0 Å². The maximum atomic E-state index is 13.0. The van der Waals surface area contributed by atoms with Gasteiger partial charge in [-0.25, -0.2) is 4.79 Å². The van der Waals surface area contributed by atoms with Crippen molar-refractivity contribution in [1.29, 1.82) is 0 Å². The highest BCUT2D eigenvalue weighted by Gasteiger charge is 2.49. The molecule has 1 unspecified atom stereocenters. The lowest BCUT2D eigenvalue weighted by Gasteiger charge is -2.23. The topological polar surface area (TPSA) is 87.7 Å². The summed E-state index contributed by atoms with van der Waals surface area (Å²) in [6.45, 7) is 5.49. The first kappa shape index (κ1) is 20.4. The van der Waals surface area contributed by atoms with E-state index in [-0.39, 0.29) is 6.54 Å². The number of aryl methyl sites for hydroxylation is 2. The first-order chi connectivity index (χ1) is 13.7. The van der Waals surface area contributed by atoms with Gasteiger partial charge in [-0.2, -0.15) is 0 Å². The monoisotopic (exact) mass is 395 g/mol. The first-order valence-electron chi connectivity index (χ1n) is 9.36.